The molecule has 2 rings (SSSR count). The highest BCUT2D eigenvalue weighted by Crippen LogP contribution is 2.22. The van der Waals surface area contributed by atoms with E-state index in [1.807, 2.05) is 0 Å². The van der Waals surface area contributed by atoms with Crippen molar-refractivity contribution in [3.05, 3.63) is 0 Å². The summed E-state index contributed by atoms with van der Waals surface area (Å²) in [5.41, 5.74) is 0. The van der Waals surface area contributed by atoms with Gasteiger partial charge in [0.05, 0.1) is 19.3 Å². The highest BCUT2D eigenvalue weighted by atomic mass is 16.5. The molecule has 0 bridgehead atoms. The standard InChI is InChI=1S/C16H29N3O3/c1-13(20)17-11-15-12-19(8-9-22-15)16(21)18-10-14-6-4-2-3-5-7-14/h14-15H,2-12H2,1H3,(H,17,20)(H,18,21). The Morgan fingerprint density at radius 3 is 2.50 bits per heavy atom. The van der Waals surface area contributed by atoms with Crippen molar-refractivity contribution < 1.29 is 14.3 Å². The van der Waals surface area contributed by atoms with Crippen molar-refractivity contribution in [2.24, 2.45) is 5.92 Å². The minimum Gasteiger partial charge on any atom is -0.373 e. The molecular formula is C16H29N3O3. The van der Waals surface area contributed by atoms with Crippen LogP contribution in [0.15, 0.2) is 0 Å². The Morgan fingerprint density at radius 1 is 1.09 bits per heavy atom. The minimum atomic E-state index is -0.110. The Morgan fingerprint density at radius 2 is 1.82 bits per heavy atom. The zero-order valence-corrected chi connectivity index (χ0v) is 13.6. The number of nitrogens with zero attached hydrogens (tertiary/aromatic N) is 1. The molecule has 1 saturated heterocycles. The van der Waals surface area contributed by atoms with Gasteiger partial charge >= 0.3 is 6.03 Å². The molecule has 1 aliphatic heterocycles. The molecule has 0 aromatic carbocycles. The predicted octanol–water partition coefficient (Wildman–Crippen LogP) is 1.50. The molecule has 0 aromatic heterocycles. The van der Waals surface area contributed by atoms with Gasteiger partial charge in [-0.1, -0.05) is 25.7 Å². The topological polar surface area (TPSA) is 70.7 Å². The Bertz CT molecular complexity index is 368. The van der Waals surface area contributed by atoms with Crippen molar-refractivity contribution in [1.82, 2.24) is 15.5 Å². The van der Waals surface area contributed by atoms with E-state index < -0.39 is 0 Å². The predicted molar refractivity (Wildman–Crippen MR) is 84.6 cm³/mol. The van der Waals surface area contributed by atoms with Crippen LogP contribution in [0.5, 0.6) is 0 Å². The second kappa shape index (κ2) is 8.98. The summed E-state index contributed by atoms with van der Waals surface area (Å²) in [5, 5.41) is 5.82. The number of amides is 3. The van der Waals surface area contributed by atoms with Gasteiger partial charge in [0.15, 0.2) is 0 Å². The zero-order chi connectivity index (χ0) is 15.8. The molecule has 6 nitrogen and oxygen atoms in total. The normalized spacial score (nSPS) is 23.7. The molecule has 0 aromatic rings. The SMILES string of the molecule is CC(=O)NCC1CN(C(=O)NCC2CCCCCC2)CCO1. The van der Waals surface area contributed by atoms with Crippen molar-refractivity contribution in [3.63, 3.8) is 0 Å². The second-order valence-corrected chi connectivity index (χ2v) is 6.42. The summed E-state index contributed by atoms with van der Waals surface area (Å²) in [6.07, 6.45) is 7.59. The number of urea groups is 1. The maximum Gasteiger partial charge on any atom is 0.317 e. The second-order valence-electron chi connectivity index (χ2n) is 6.42. The Kier molecular flexibility index (Phi) is 6.96. The smallest absolute Gasteiger partial charge is 0.317 e. The molecule has 3 amide bonds. The van der Waals surface area contributed by atoms with Crippen molar-refractivity contribution in [1.29, 1.82) is 0 Å². The van der Waals surface area contributed by atoms with Gasteiger partial charge in [0.1, 0.15) is 0 Å². The molecule has 1 saturated carbocycles. The minimum absolute atomic E-state index is 0.000344. The van der Waals surface area contributed by atoms with Gasteiger partial charge < -0.3 is 20.3 Å². The lowest BCUT2D eigenvalue weighted by Crippen LogP contribution is -2.52. The van der Waals surface area contributed by atoms with E-state index in [2.05, 4.69) is 10.6 Å². The molecular weight excluding hydrogens is 282 g/mol. The van der Waals surface area contributed by atoms with Crippen LogP contribution in [0, 0.1) is 5.92 Å². The fourth-order valence-electron chi connectivity index (χ4n) is 3.20. The van der Waals surface area contributed by atoms with Crippen LogP contribution in [0.3, 0.4) is 0 Å². The third-order valence-corrected chi connectivity index (χ3v) is 4.52. The summed E-state index contributed by atoms with van der Waals surface area (Å²) in [5.74, 6) is 0.557. The van der Waals surface area contributed by atoms with E-state index in [0.29, 0.717) is 32.2 Å². The van der Waals surface area contributed by atoms with E-state index in [9.17, 15) is 9.59 Å². The molecule has 1 atom stereocenters. The van der Waals surface area contributed by atoms with Crippen LogP contribution in [-0.4, -0.2) is 55.7 Å². The Labute approximate surface area is 132 Å². The van der Waals surface area contributed by atoms with E-state index in [0.717, 1.165) is 6.54 Å². The first kappa shape index (κ1) is 17.1. The van der Waals surface area contributed by atoms with Gasteiger partial charge in [-0.05, 0) is 18.8 Å². The number of hydrogen-bond acceptors (Lipinski definition) is 3. The average molecular weight is 311 g/mol. The van der Waals surface area contributed by atoms with Crippen molar-refractivity contribution in [3.8, 4) is 0 Å². The van der Waals surface area contributed by atoms with Crippen molar-refractivity contribution in [2.75, 3.05) is 32.8 Å². The average Bonchev–Trinajstić information content (AvgIpc) is 2.79. The van der Waals surface area contributed by atoms with E-state index in [1.165, 1.54) is 45.4 Å². The third kappa shape index (κ3) is 5.83. The summed E-state index contributed by atoms with van der Waals surface area (Å²) in [6, 6.07) is 0.000344. The van der Waals surface area contributed by atoms with Gasteiger partial charge in [0.2, 0.25) is 5.91 Å². The molecule has 126 valence electrons. The van der Waals surface area contributed by atoms with Crippen LogP contribution < -0.4 is 10.6 Å². The highest BCUT2D eigenvalue weighted by Gasteiger charge is 2.24. The largest absolute Gasteiger partial charge is 0.373 e. The van der Waals surface area contributed by atoms with Gasteiger partial charge in [-0.25, -0.2) is 4.79 Å². The number of carbonyl (C=O) groups is 2. The molecule has 6 heteroatoms. The number of hydrogen-bond donors (Lipinski definition) is 2. The molecule has 22 heavy (non-hydrogen) atoms. The van der Waals surface area contributed by atoms with Crippen molar-refractivity contribution in [2.45, 2.75) is 51.6 Å². The number of carbonyl (C=O) groups excluding carboxylic acids is 2. The van der Waals surface area contributed by atoms with Crippen LogP contribution in [-0.2, 0) is 9.53 Å². The highest BCUT2D eigenvalue weighted by molar-refractivity contribution is 5.74. The lowest BCUT2D eigenvalue weighted by atomic mass is 10.0. The number of morpholine rings is 1. The van der Waals surface area contributed by atoms with Gasteiger partial charge in [-0.15, -0.1) is 0 Å². The Hall–Kier alpha value is -1.30. The molecule has 0 radical (unpaired) electrons. The maximum atomic E-state index is 12.3. The van der Waals surface area contributed by atoms with E-state index in [-0.39, 0.29) is 18.0 Å². The molecule has 1 aliphatic carbocycles. The molecule has 1 unspecified atom stereocenters. The zero-order valence-electron chi connectivity index (χ0n) is 13.6. The summed E-state index contributed by atoms with van der Waals surface area (Å²) in [7, 11) is 0. The fourth-order valence-corrected chi connectivity index (χ4v) is 3.20. The van der Waals surface area contributed by atoms with E-state index in [1.54, 1.807) is 4.90 Å². The van der Waals surface area contributed by atoms with Gasteiger partial charge in [-0.3, -0.25) is 4.79 Å². The van der Waals surface area contributed by atoms with E-state index >= 15 is 0 Å². The van der Waals surface area contributed by atoms with Crippen LogP contribution in [0.1, 0.15) is 45.4 Å². The summed E-state index contributed by atoms with van der Waals surface area (Å²) in [6.45, 7) is 4.42. The summed E-state index contributed by atoms with van der Waals surface area (Å²) < 4.78 is 5.58. The maximum absolute atomic E-state index is 12.3. The lowest BCUT2D eigenvalue weighted by Gasteiger charge is -2.33. The summed E-state index contributed by atoms with van der Waals surface area (Å²) in [4.78, 5) is 25.0. The van der Waals surface area contributed by atoms with Crippen LogP contribution in [0.25, 0.3) is 0 Å². The molecule has 2 N–H and O–H groups in total. The number of rotatable bonds is 4. The van der Waals surface area contributed by atoms with Crippen LogP contribution in [0.2, 0.25) is 0 Å². The lowest BCUT2D eigenvalue weighted by molar-refractivity contribution is -0.120. The molecule has 2 fully saturated rings. The first-order valence-corrected chi connectivity index (χ1v) is 8.54. The quantitative estimate of drug-likeness (QED) is 0.773. The van der Waals surface area contributed by atoms with Crippen molar-refractivity contribution >= 4 is 11.9 Å². The fraction of sp³-hybridized carbons (Fsp3) is 0.875. The van der Waals surface area contributed by atoms with Crippen LogP contribution >= 0.6 is 0 Å². The molecule has 0 spiro atoms. The van der Waals surface area contributed by atoms with Crippen LogP contribution in [0.4, 0.5) is 4.79 Å². The monoisotopic (exact) mass is 311 g/mol. The van der Waals surface area contributed by atoms with Gasteiger partial charge in [0, 0.05) is 26.6 Å². The van der Waals surface area contributed by atoms with Gasteiger partial charge in [-0.2, -0.15) is 0 Å². The van der Waals surface area contributed by atoms with E-state index in [4.69, 9.17) is 4.74 Å². The number of nitrogens with one attached hydrogen (secondary N) is 2. The summed E-state index contributed by atoms with van der Waals surface area (Å²) >= 11 is 0. The molecule has 2 aliphatic rings. The number of ether oxygens (including phenoxy) is 1. The first-order valence-electron chi connectivity index (χ1n) is 8.54. The first-order chi connectivity index (χ1) is 10.6. The third-order valence-electron chi connectivity index (χ3n) is 4.52. The van der Waals surface area contributed by atoms with Gasteiger partial charge in [0.25, 0.3) is 0 Å². The molecule has 1 heterocycles. The Balaban J connectivity index is 1.70.